The van der Waals surface area contributed by atoms with Gasteiger partial charge in [-0.25, -0.2) is 18.4 Å². The highest BCUT2D eigenvalue weighted by atomic mass is 32.2. The molecule has 0 aliphatic carbocycles. The number of hydrogen-bond acceptors (Lipinski definition) is 6. The molecule has 1 aromatic heterocycles. The van der Waals surface area contributed by atoms with Gasteiger partial charge in [-0.05, 0) is 49.2 Å². The molecule has 0 amide bonds. The second-order valence-electron chi connectivity index (χ2n) is 6.73. The average Bonchev–Trinajstić information content (AvgIpc) is 3.17. The van der Waals surface area contributed by atoms with Crippen molar-refractivity contribution in [1.29, 1.82) is 0 Å². The minimum Gasteiger partial charge on any atom is -0.492 e. The number of carbonyl (C=O) groups is 1. The monoisotopic (exact) mass is 407 g/mol. The van der Waals surface area contributed by atoms with Crippen LogP contribution in [-0.2, 0) is 14.8 Å². The number of aromatic nitrogens is 1. The van der Waals surface area contributed by atoms with Crippen molar-refractivity contribution in [3.8, 4) is 5.75 Å². The molecule has 2 N–H and O–H groups in total. The van der Waals surface area contributed by atoms with Crippen LogP contribution in [0, 0.1) is 0 Å². The van der Waals surface area contributed by atoms with Gasteiger partial charge in [0.2, 0.25) is 10.0 Å². The first-order valence-electron chi connectivity index (χ1n) is 9.11. The quantitative estimate of drug-likeness (QED) is 0.700. The highest BCUT2D eigenvalue weighted by Gasteiger charge is 2.23. The summed E-state index contributed by atoms with van der Waals surface area (Å²) in [7, 11) is -2.29. The molecule has 1 aromatic carbocycles. The number of benzene rings is 1. The smallest absolute Gasteiger partial charge is 0.354 e. The van der Waals surface area contributed by atoms with Gasteiger partial charge >= 0.3 is 5.97 Å². The summed E-state index contributed by atoms with van der Waals surface area (Å²) in [6, 6.07) is 10.0. The lowest BCUT2D eigenvalue weighted by Crippen LogP contribution is -2.37. The fourth-order valence-corrected chi connectivity index (χ4v) is 3.94. The van der Waals surface area contributed by atoms with Crippen LogP contribution < -0.4 is 9.88 Å². The molecule has 1 aliphatic heterocycles. The lowest BCUT2D eigenvalue weighted by Gasteiger charge is -2.33. The molecule has 0 saturated carbocycles. The van der Waals surface area contributed by atoms with Gasteiger partial charge in [0.25, 0.3) is 0 Å². The Morgan fingerprint density at radius 1 is 1.18 bits per heavy atom. The maximum absolute atomic E-state index is 11.8. The molecule has 0 radical (unpaired) electrons. The minimum atomic E-state index is -3.69. The standard InChI is InChI=1S/C19H25N3O5S/c1-26-19(23)18-3-2-10-22(18)15-8-11-21(12-9-15)13-14-27-16-4-6-17(7-5-16)28(20,24)25/h2-7,10,15H,8-9,11-14H2,1H3,(H2,20,24,25). The molecule has 2 heterocycles. The Balaban J connectivity index is 1.45. The predicted octanol–water partition coefficient (Wildman–Crippen LogP) is 1.64. The Morgan fingerprint density at radius 2 is 1.86 bits per heavy atom. The predicted molar refractivity (Wildman–Crippen MR) is 104 cm³/mol. The molecule has 8 nitrogen and oxygen atoms in total. The summed E-state index contributed by atoms with van der Waals surface area (Å²) in [5, 5.41) is 5.08. The molecule has 9 heteroatoms. The van der Waals surface area contributed by atoms with Crippen molar-refractivity contribution < 1.29 is 22.7 Å². The Kier molecular flexibility index (Phi) is 6.38. The Bertz CT molecular complexity index is 900. The zero-order chi connectivity index (χ0) is 20.1. The highest BCUT2D eigenvalue weighted by molar-refractivity contribution is 7.89. The van der Waals surface area contributed by atoms with Crippen LogP contribution in [0.1, 0.15) is 29.4 Å². The molecule has 0 atom stereocenters. The first-order chi connectivity index (χ1) is 13.4. The van der Waals surface area contributed by atoms with E-state index in [1.165, 1.54) is 19.2 Å². The number of primary sulfonamides is 1. The summed E-state index contributed by atoms with van der Waals surface area (Å²) >= 11 is 0. The zero-order valence-electron chi connectivity index (χ0n) is 15.8. The Labute approximate surface area is 164 Å². The molecule has 0 unspecified atom stereocenters. The van der Waals surface area contributed by atoms with E-state index in [0.717, 1.165) is 32.5 Å². The maximum Gasteiger partial charge on any atom is 0.354 e. The van der Waals surface area contributed by atoms with Gasteiger partial charge in [0.1, 0.15) is 18.1 Å². The van der Waals surface area contributed by atoms with Crippen molar-refractivity contribution in [3.63, 3.8) is 0 Å². The van der Waals surface area contributed by atoms with Gasteiger partial charge in [0, 0.05) is 31.9 Å². The van der Waals surface area contributed by atoms with Gasteiger partial charge in [-0.3, -0.25) is 4.90 Å². The lowest BCUT2D eigenvalue weighted by molar-refractivity contribution is 0.0581. The second-order valence-corrected chi connectivity index (χ2v) is 8.29. The third kappa shape index (κ3) is 4.92. The average molecular weight is 407 g/mol. The highest BCUT2D eigenvalue weighted by Crippen LogP contribution is 2.25. The van der Waals surface area contributed by atoms with Crippen LogP contribution in [0.25, 0.3) is 0 Å². The van der Waals surface area contributed by atoms with E-state index in [-0.39, 0.29) is 16.9 Å². The van der Waals surface area contributed by atoms with Crippen molar-refractivity contribution >= 4 is 16.0 Å². The summed E-state index contributed by atoms with van der Waals surface area (Å²) in [4.78, 5) is 14.2. The molecule has 3 rings (SSSR count). The molecule has 28 heavy (non-hydrogen) atoms. The number of nitrogens with zero attached hydrogens (tertiary/aromatic N) is 2. The number of esters is 1. The number of piperidine rings is 1. The first-order valence-corrected chi connectivity index (χ1v) is 10.7. The summed E-state index contributed by atoms with van der Waals surface area (Å²) in [5.74, 6) is 0.298. The van der Waals surface area contributed by atoms with Gasteiger partial charge in [0.15, 0.2) is 0 Å². The Hall–Kier alpha value is -2.36. The van der Waals surface area contributed by atoms with Crippen LogP contribution in [0.4, 0.5) is 0 Å². The summed E-state index contributed by atoms with van der Waals surface area (Å²) in [6.07, 6.45) is 3.82. The van der Waals surface area contributed by atoms with Crippen LogP contribution in [0.5, 0.6) is 5.75 Å². The van der Waals surface area contributed by atoms with Crippen LogP contribution in [0.2, 0.25) is 0 Å². The molecular formula is C19H25N3O5S. The number of likely N-dealkylation sites (tertiary alicyclic amines) is 1. The topological polar surface area (TPSA) is 104 Å². The van der Waals surface area contributed by atoms with E-state index in [4.69, 9.17) is 14.6 Å². The van der Waals surface area contributed by atoms with E-state index >= 15 is 0 Å². The number of rotatable bonds is 7. The molecule has 0 spiro atoms. The number of carbonyl (C=O) groups excluding carboxylic acids is 1. The fourth-order valence-electron chi connectivity index (χ4n) is 3.43. The van der Waals surface area contributed by atoms with Gasteiger partial charge in [-0.2, -0.15) is 0 Å². The van der Waals surface area contributed by atoms with E-state index in [9.17, 15) is 13.2 Å². The summed E-state index contributed by atoms with van der Waals surface area (Å²) < 4.78 is 35.1. The van der Waals surface area contributed by atoms with Gasteiger partial charge in [-0.1, -0.05) is 0 Å². The third-order valence-electron chi connectivity index (χ3n) is 4.95. The molecular weight excluding hydrogens is 382 g/mol. The lowest BCUT2D eigenvalue weighted by atomic mass is 10.0. The molecule has 152 valence electrons. The number of ether oxygens (including phenoxy) is 2. The van der Waals surface area contributed by atoms with Crippen molar-refractivity contribution in [2.75, 3.05) is 33.4 Å². The van der Waals surface area contributed by atoms with Crippen molar-refractivity contribution in [2.24, 2.45) is 5.14 Å². The van der Waals surface area contributed by atoms with Gasteiger partial charge in [0.05, 0.1) is 12.0 Å². The molecule has 2 aromatic rings. The van der Waals surface area contributed by atoms with E-state index in [1.54, 1.807) is 18.2 Å². The van der Waals surface area contributed by atoms with Crippen molar-refractivity contribution in [2.45, 2.75) is 23.8 Å². The SMILES string of the molecule is COC(=O)c1cccn1C1CCN(CCOc2ccc(S(N)(=O)=O)cc2)CC1. The summed E-state index contributed by atoms with van der Waals surface area (Å²) in [6.45, 7) is 3.11. The minimum absolute atomic E-state index is 0.0678. The number of methoxy groups -OCH3 is 1. The molecule has 1 aliphatic rings. The molecule has 0 bridgehead atoms. The normalized spacial score (nSPS) is 16.1. The van der Waals surface area contributed by atoms with E-state index < -0.39 is 10.0 Å². The summed E-state index contributed by atoms with van der Waals surface area (Å²) in [5.41, 5.74) is 0.590. The van der Waals surface area contributed by atoms with Crippen LogP contribution in [0.3, 0.4) is 0 Å². The van der Waals surface area contributed by atoms with Crippen LogP contribution >= 0.6 is 0 Å². The van der Waals surface area contributed by atoms with Crippen LogP contribution in [0.15, 0.2) is 47.5 Å². The number of sulfonamides is 1. The Morgan fingerprint density at radius 3 is 2.46 bits per heavy atom. The number of nitrogens with two attached hydrogens (primary N) is 1. The second kappa shape index (κ2) is 8.76. The zero-order valence-corrected chi connectivity index (χ0v) is 16.6. The first kappa shape index (κ1) is 20.4. The fraction of sp³-hybridized carbons (Fsp3) is 0.421. The van der Waals surface area contributed by atoms with E-state index in [0.29, 0.717) is 18.1 Å². The number of hydrogen-bond donors (Lipinski definition) is 1. The van der Waals surface area contributed by atoms with Crippen LogP contribution in [-0.4, -0.2) is 57.2 Å². The van der Waals surface area contributed by atoms with Crippen molar-refractivity contribution in [3.05, 3.63) is 48.3 Å². The van der Waals surface area contributed by atoms with Gasteiger partial charge < -0.3 is 14.0 Å². The van der Waals surface area contributed by atoms with Crippen molar-refractivity contribution in [1.82, 2.24) is 9.47 Å². The molecule has 1 fully saturated rings. The van der Waals surface area contributed by atoms with E-state index in [2.05, 4.69) is 4.90 Å². The maximum atomic E-state index is 11.8. The third-order valence-corrected chi connectivity index (χ3v) is 5.88. The van der Waals surface area contributed by atoms with E-state index in [1.807, 2.05) is 16.8 Å². The van der Waals surface area contributed by atoms with Gasteiger partial charge in [-0.15, -0.1) is 0 Å². The largest absolute Gasteiger partial charge is 0.492 e. The molecule has 1 saturated heterocycles.